The van der Waals surface area contributed by atoms with Crippen molar-refractivity contribution in [3.05, 3.63) is 29.8 Å². The Kier molecular flexibility index (Phi) is 3.96. The lowest BCUT2D eigenvalue weighted by Crippen LogP contribution is -2.23. The van der Waals surface area contributed by atoms with Crippen molar-refractivity contribution in [2.75, 3.05) is 13.6 Å². The van der Waals surface area contributed by atoms with Crippen LogP contribution < -0.4 is 0 Å². The van der Waals surface area contributed by atoms with Gasteiger partial charge in [-0.05, 0) is 26.1 Å². The number of aromatic hydroxyl groups is 1. The maximum Gasteiger partial charge on any atom is 0.120 e. The fourth-order valence-electron chi connectivity index (χ4n) is 1.76. The molecule has 2 nitrogen and oxygen atoms in total. The highest BCUT2D eigenvalue weighted by atomic mass is 16.3. The largest absolute Gasteiger partial charge is 0.508 e. The van der Waals surface area contributed by atoms with Crippen molar-refractivity contribution in [2.45, 2.75) is 26.3 Å². The van der Waals surface area contributed by atoms with E-state index in [4.69, 9.17) is 0 Å². The van der Waals surface area contributed by atoms with Crippen LogP contribution in [0.15, 0.2) is 24.3 Å². The molecule has 1 unspecified atom stereocenters. The molecule has 1 atom stereocenters. The molecule has 0 aliphatic heterocycles. The van der Waals surface area contributed by atoms with E-state index in [-0.39, 0.29) is 0 Å². The molecule has 1 rings (SSSR count). The minimum atomic E-state index is 0.321. The van der Waals surface area contributed by atoms with E-state index in [9.17, 15) is 5.11 Å². The number of hydrogen-bond acceptors (Lipinski definition) is 2. The molecule has 0 fully saturated rings. The lowest BCUT2D eigenvalue weighted by atomic mass is 10.0. The zero-order valence-electron chi connectivity index (χ0n) is 9.20. The summed E-state index contributed by atoms with van der Waals surface area (Å²) in [7, 11) is 2.08. The van der Waals surface area contributed by atoms with Gasteiger partial charge in [0.25, 0.3) is 0 Å². The van der Waals surface area contributed by atoms with Crippen LogP contribution in [0.3, 0.4) is 0 Å². The Morgan fingerprint density at radius 2 is 1.93 bits per heavy atom. The number of benzene rings is 1. The smallest absolute Gasteiger partial charge is 0.120 e. The first-order chi connectivity index (χ1) is 6.70. The molecule has 0 heterocycles. The highest BCUT2D eigenvalue weighted by molar-refractivity contribution is 5.34. The molecule has 0 aliphatic rings. The van der Waals surface area contributed by atoms with Crippen molar-refractivity contribution < 1.29 is 5.11 Å². The van der Waals surface area contributed by atoms with E-state index in [1.165, 1.54) is 0 Å². The monoisotopic (exact) mass is 193 g/mol. The van der Waals surface area contributed by atoms with Gasteiger partial charge in [-0.15, -0.1) is 0 Å². The molecule has 0 aromatic heterocycles. The van der Waals surface area contributed by atoms with Crippen LogP contribution in [-0.2, 0) is 0 Å². The summed E-state index contributed by atoms with van der Waals surface area (Å²) < 4.78 is 0. The van der Waals surface area contributed by atoms with E-state index < -0.39 is 0 Å². The Hall–Kier alpha value is -1.02. The van der Waals surface area contributed by atoms with Crippen LogP contribution in [-0.4, -0.2) is 23.6 Å². The molecule has 2 heteroatoms. The van der Waals surface area contributed by atoms with E-state index in [2.05, 4.69) is 25.8 Å². The quantitative estimate of drug-likeness (QED) is 0.794. The van der Waals surface area contributed by atoms with Gasteiger partial charge in [0.2, 0.25) is 0 Å². The Bertz CT molecular complexity index is 285. The predicted octanol–water partition coefficient (Wildman–Crippen LogP) is 2.80. The average molecular weight is 193 g/mol. The number of rotatable bonds is 4. The Morgan fingerprint density at radius 3 is 2.43 bits per heavy atom. The van der Waals surface area contributed by atoms with Gasteiger partial charge in [0.1, 0.15) is 5.75 Å². The number of nitrogens with zero attached hydrogens (tertiary/aromatic N) is 1. The summed E-state index contributed by atoms with van der Waals surface area (Å²) >= 11 is 0. The second kappa shape index (κ2) is 5.01. The number of hydrogen-bond donors (Lipinski definition) is 1. The normalized spacial score (nSPS) is 13.1. The van der Waals surface area contributed by atoms with Gasteiger partial charge in [0.15, 0.2) is 0 Å². The summed E-state index contributed by atoms with van der Waals surface area (Å²) in [5.41, 5.74) is 1.03. The van der Waals surface area contributed by atoms with E-state index in [1.807, 2.05) is 18.2 Å². The third kappa shape index (κ3) is 2.26. The van der Waals surface area contributed by atoms with Crippen LogP contribution >= 0.6 is 0 Å². The van der Waals surface area contributed by atoms with Gasteiger partial charge in [-0.3, -0.25) is 4.90 Å². The third-order valence-corrected chi connectivity index (χ3v) is 2.71. The van der Waals surface area contributed by atoms with E-state index in [0.29, 0.717) is 11.8 Å². The van der Waals surface area contributed by atoms with Crippen molar-refractivity contribution in [2.24, 2.45) is 0 Å². The molecule has 14 heavy (non-hydrogen) atoms. The molecule has 0 aliphatic carbocycles. The molecule has 0 spiro atoms. The molecule has 0 bridgehead atoms. The summed E-state index contributed by atoms with van der Waals surface area (Å²) in [6.07, 6.45) is 1.02. The van der Waals surface area contributed by atoms with Gasteiger partial charge < -0.3 is 5.11 Å². The second-order valence-electron chi connectivity index (χ2n) is 3.56. The van der Waals surface area contributed by atoms with Crippen LogP contribution in [0.5, 0.6) is 5.75 Å². The molecule has 0 saturated carbocycles. The van der Waals surface area contributed by atoms with Crippen LogP contribution in [0.25, 0.3) is 0 Å². The van der Waals surface area contributed by atoms with Gasteiger partial charge in [-0.2, -0.15) is 0 Å². The minimum Gasteiger partial charge on any atom is -0.508 e. The average Bonchev–Trinajstić information content (AvgIpc) is 2.21. The van der Waals surface area contributed by atoms with Crippen molar-refractivity contribution in [1.29, 1.82) is 0 Å². The molecule has 78 valence electrons. The molecule has 0 saturated heterocycles. The SMILES string of the molecule is CCC(c1ccccc1O)N(C)CC. The highest BCUT2D eigenvalue weighted by Crippen LogP contribution is 2.29. The summed E-state index contributed by atoms with van der Waals surface area (Å²) in [4.78, 5) is 2.25. The van der Waals surface area contributed by atoms with Crippen molar-refractivity contribution >= 4 is 0 Å². The number of para-hydroxylation sites is 1. The van der Waals surface area contributed by atoms with Gasteiger partial charge in [-0.1, -0.05) is 32.0 Å². The molecular formula is C12H19NO. The van der Waals surface area contributed by atoms with Crippen molar-refractivity contribution in [1.82, 2.24) is 4.90 Å². The standard InChI is InChI=1S/C12H19NO/c1-4-11(13(3)5-2)10-8-6-7-9-12(10)14/h6-9,11,14H,4-5H2,1-3H3. The van der Waals surface area contributed by atoms with E-state index in [0.717, 1.165) is 18.5 Å². The molecule has 1 aromatic carbocycles. The first kappa shape index (κ1) is 11.1. The Balaban J connectivity index is 2.94. The van der Waals surface area contributed by atoms with E-state index >= 15 is 0 Å². The van der Waals surface area contributed by atoms with Crippen LogP contribution in [0.4, 0.5) is 0 Å². The lowest BCUT2D eigenvalue weighted by molar-refractivity contribution is 0.246. The minimum absolute atomic E-state index is 0.321. The molecular weight excluding hydrogens is 174 g/mol. The number of phenolic OH excluding ortho intramolecular Hbond substituents is 1. The summed E-state index contributed by atoms with van der Waals surface area (Å²) in [6, 6.07) is 7.90. The number of phenols is 1. The zero-order valence-corrected chi connectivity index (χ0v) is 9.20. The maximum atomic E-state index is 9.73. The molecule has 1 aromatic rings. The maximum absolute atomic E-state index is 9.73. The first-order valence-electron chi connectivity index (χ1n) is 5.18. The van der Waals surface area contributed by atoms with Crippen LogP contribution in [0, 0.1) is 0 Å². The Labute approximate surface area is 86.2 Å². The molecule has 1 N–H and O–H groups in total. The fraction of sp³-hybridized carbons (Fsp3) is 0.500. The highest BCUT2D eigenvalue weighted by Gasteiger charge is 2.16. The van der Waals surface area contributed by atoms with Crippen LogP contribution in [0.1, 0.15) is 31.9 Å². The topological polar surface area (TPSA) is 23.5 Å². The Morgan fingerprint density at radius 1 is 1.29 bits per heavy atom. The predicted molar refractivity (Wildman–Crippen MR) is 59.4 cm³/mol. The lowest BCUT2D eigenvalue weighted by Gasteiger charge is -2.26. The van der Waals surface area contributed by atoms with E-state index in [1.54, 1.807) is 6.07 Å². The van der Waals surface area contributed by atoms with Crippen LogP contribution in [0.2, 0.25) is 0 Å². The molecule has 0 amide bonds. The van der Waals surface area contributed by atoms with Crippen molar-refractivity contribution in [3.63, 3.8) is 0 Å². The first-order valence-corrected chi connectivity index (χ1v) is 5.18. The molecule has 0 radical (unpaired) electrons. The fourth-order valence-corrected chi connectivity index (χ4v) is 1.76. The van der Waals surface area contributed by atoms with Gasteiger partial charge in [0, 0.05) is 11.6 Å². The van der Waals surface area contributed by atoms with Gasteiger partial charge >= 0.3 is 0 Å². The summed E-state index contributed by atoms with van der Waals surface area (Å²) in [5.74, 6) is 0.402. The van der Waals surface area contributed by atoms with Gasteiger partial charge in [-0.25, -0.2) is 0 Å². The van der Waals surface area contributed by atoms with Gasteiger partial charge in [0.05, 0.1) is 0 Å². The summed E-state index contributed by atoms with van der Waals surface area (Å²) in [6.45, 7) is 5.26. The zero-order chi connectivity index (χ0) is 10.6. The second-order valence-corrected chi connectivity index (χ2v) is 3.56. The van der Waals surface area contributed by atoms with Crippen molar-refractivity contribution in [3.8, 4) is 5.75 Å². The third-order valence-electron chi connectivity index (χ3n) is 2.71. The summed E-state index contributed by atoms with van der Waals surface area (Å²) in [5, 5.41) is 9.73.